The Kier molecular flexibility index (Phi) is 5.25. The molecule has 0 fully saturated rings. The van der Waals surface area contributed by atoms with Crippen molar-refractivity contribution in [2.75, 3.05) is 12.4 Å². The lowest BCUT2D eigenvalue weighted by Crippen LogP contribution is -2.09. The molecule has 0 aliphatic carbocycles. The number of hydrogen-bond donors (Lipinski definition) is 1. The number of methoxy groups -OCH3 is 1. The van der Waals surface area contributed by atoms with Gasteiger partial charge in [-0.05, 0) is 49.2 Å². The first-order chi connectivity index (χ1) is 12.4. The van der Waals surface area contributed by atoms with Gasteiger partial charge in [-0.3, -0.25) is 4.79 Å². The van der Waals surface area contributed by atoms with Crippen molar-refractivity contribution in [3.63, 3.8) is 0 Å². The van der Waals surface area contributed by atoms with Gasteiger partial charge in [0.25, 0.3) is 0 Å². The molecular formula is C20H17Cl2NO3. The van der Waals surface area contributed by atoms with Crippen molar-refractivity contribution in [3.8, 4) is 5.75 Å². The van der Waals surface area contributed by atoms with Crippen LogP contribution in [0.15, 0.2) is 47.1 Å². The zero-order chi connectivity index (χ0) is 18.8. The van der Waals surface area contributed by atoms with Gasteiger partial charge in [0.1, 0.15) is 11.3 Å². The van der Waals surface area contributed by atoms with E-state index in [0.717, 1.165) is 27.7 Å². The summed E-state index contributed by atoms with van der Waals surface area (Å²) in [5, 5.41) is 4.63. The van der Waals surface area contributed by atoms with Gasteiger partial charge in [-0.1, -0.05) is 23.2 Å². The molecule has 0 unspecified atom stereocenters. The van der Waals surface area contributed by atoms with Crippen LogP contribution in [0.3, 0.4) is 0 Å². The van der Waals surface area contributed by atoms with Crippen molar-refractivity contribution < 1.29 is 13.9 Å². The molecule has 0 atom stereocenters. The summed E-state index contributed by atoms with van der Waals surface area (Å²) in [5.74, 6) is 0.326. The largest absolute Gasteiger partial charge is 0.496 e. The zero-order valence-corrected chi connectivity index (χ0v) is 16.0. The lowest BCUT2D eigenvalue weighted by molar-refractivity contribution is -0.111. The number of nitrogens with one attached hydrogen (secondary N) is 1. The van der Waals surface area contributed by atoms with Gasteiger partial charge in [0.2, 0.25) is 5.91 Å². The second-order valence-electron chi connectivity index (χ2n) is 5.91. The van der Waals surface area contributed by atoms with Gasteiger partial charge >= 0.3 is 0 Å². The molecule has 0 bridgehead atoms. The first-order valence-corrected chi connectivity index (χ1v) is 8.65. The number of carbonyl (C=O) groups is 1. The van der Waals surface area contributed by atoms with Crippen LogP contribution < -0.4 is 10.1 Å². The van der Waals surface area contributed by atoms with Crippen molar-refractivity contribution in [3.05, 3.63) is 63.8 Å². The smallest absolute Gasteiger partial charge is 0.248 e. The predicted octanol–water partition coefficient (Wildman–Crippen LogP) is 6.10. The molecular weight excluding hydrogens is 373 g/mol. The fourth-order valence-corrected chi connectivity index (χ4v) is 3.03. The van der Waals surface area contributed by atoms with Crippen molar-refractivity contribution in [2.45, 2.75) is 13.8 Å². The predicted molar refractivity (Wildman–Crippen MR) is 106 cm³/mol. The number of rotatable bonds is 4. The van der Waals surface area contributed by atoms with Gasteiger partial charge in [-0.25, -0.2) is 0 Å². The Bertz CT molecular complexity index is 1020. The summed E-state index contributed by atoms with van der Waals surface area (Å²) in [6.45, 7) is 3.81. The topological polar surface area (TPSA) is 51.5 Å². The van der Waals surface area contributed by atoms with Crippen LogP contribution in [-0.2, 0) is 4.79 Å². The number of benzene rings is 2. The molecule has 3 rings (SSSR count). The number of halogens is 2. The molecule has 0 saturated carbocycles. The van der Waals surface area contributed by atoms with Crippen molar-refractivity contribution in [1.29, 1.82) is 0 Å². The normalized spacial score (nSPS) is 11.7. The van der Waals surface area contributed by atoms with Gasteiger partial charge in [0.05, 0.1) is 24.1 Å². The van der Waals surface area contributed by atoms with Gasteiger partial charge < -0.3 is 14.5 Å². The molecule has 1 aromatic heterocycles. The number of carbonyl (C=O) groups excluding carboxylic acids is 1. The molecule has 1 heterocycles. The summed E-state index contributed by atoms with van der Waals surface area (Å²) in [5.41, 5.74) is 3.79. The minimum absolute atomic E-state index is 0.308. The molecule has 6 heteroatoms. The summed E-state index contributed by atoms with van der Waals surface area (Å²) < 4.78 is 11.0. The van der Waals surface area contributed by atoms with Gasteiger partial charge in [0, 0.05) is 28.1 Å². The minimum atomic E-state index is -0.308. The van der Waals surface area contributed by atoms with Crippen LogP contribution in [0.25, 0.3) is 16.5 Å². The number of ether oxygens (including phenoxy) is 1. The monoisotopic (exact) mass is 389 g/mol. The summed E-state index contributed by atoms with van der Waals surface area (Å²) in [6.07, 6.45) is 3.19. The van der Waals surface area contributed by atoms with E-state index in [2.05, 4.69) is 5.32 Å². The highest BCUT2D eigenvalue weighted by atomic mass is 35.5. The molecule has 1 N–H and O–H groups in total. The number of hydrogen-bond acceptors (Lipinski definition) is 3. The number of fused-ring (bicyclic) bond motifs is 1. The van der Waals surface area contributed by atoms with Crippen molar-refractivity contribution >= 4 is 51.3 Å². The van der Waals surface area contributed by atoms with Gasteiger partial charge in [-0.2, -0.15) is 0 Å². The number of allylic oxidation sites excluding steroid dienone is 1. The minimum Gasteiger partial charge on any atom is -0.496 e. The van der Waals surface area contributed by atoms with Gasteiger partial charge in [0.15, 0.2) is 0 Å². The first kappa shape index (κ1) is 18.4. The van der Waals surface area contributed by atoms with Crippen LogP contribution in [0.2, 0.25) is 10.0 Å². The first-order valence-electron chi connectivity index (χ1n) is 7.89. The second-order valence-corrected chi connectivity index (χ2v) is 6.75. The van der Waals surface area contributed by atoms with Crippen LogP contribution in [0.4, 0.5) is 5.69 Å². The second kappa shape index (κ2) is 7.44. The maximum absolute atomic E-state index is 12.4. The summed E-state index contributed by atoms with van der Waals surface area (Å²) in [6, 6.07) is 8.67. The quantitative estimate of drug-likeness (QED) is 0.548. The maximum Gasteiger partial charge on any atom is 0.248 e. The summed E-state index contributed by atoms with van der Waals surface area (Å²) >= 11 is 12.0. The van der Waals surface area contributed by atoms with Gasteiger partial charge in [-0.15, -0.1) is 0 Å². The van der Waals surface area contributed by atoms with E-state index < -0.39 is 0 Å². The number of anilines is 1. The van der Waals surface area contributed by atoms with Crippen molar-refractivity contribution in [1.82, 2.24) is 0 Å². The molecule has 1 amide bonds. The van der Waals surface area contributed by atoms with Crippen LogP contribution in [0, 0.1) is 6.92 Å². The Hall–Kier alpha value is -2.43. The van der Waals surface area contributed by atoms with Crippen molar-refractivity contribution in [2.24, 2.45) is 0 Å². The zero-order valence-electron chi connectivity index (χ0n) is 14.5. The fourth-order valence-electron chi connectivity index (χ4n) is 2.70. The summed E-state index contributed by atoms with van der Waals surface area (Å²) in [4.78, 5) is 12.4. The third-order valence-corrected chi connectivity index (χ3v) is 4.61. The molecule has 4 nitrogen and oxygen atoms in total. The van der Waals surface area contributed by atoms with E-state index in [1.54, 1.807) is 31.6 Å². The third kappa shape index (κ3) is 3.71. The van der Waals surface area contributed by atoms with E-state index >= 15 is 0 Å². The standard InChI is InChI=1S/C20H17Cl2NO3/c1-11(6-20(24)23-17-7-13(21)4-5-16(17)22)14-8-15-12(2)10-26-19(15)9-18(14)25-3/h4-10H,1-3H3,(H,23,24)/b11-6+. The Labute approximate surface area is 161 Å². The molecule has 2 aromatic carbocycles. The average Bonchev–Trinajstić information content (AvgIpc) is 2.97. The molecule has 0 radical (unpaired) electrons. The molecule has 0 saturated heterocycles. The van der Waals surface area contributed by atoms with Crippen LogP contribution >= 0.6 is 23.2 Å². The number of amides is 1. The highest BCUT2D eigenvalue weighted by Crippen LogP contribution is 2.33. The Morgan fingerprint density at radius 2 is 2.00 bits per heavy atom. The van der Waals surface area contributed by atoms with E-state index in [1.165, 1.54) is 6.08 Å². The number of aryl methyl sites for hydroxylation is 1. The molecule has 134 valence electrons. The third-order valence-electron chi connectivity index (χ3n) is 4.05. The van der Waals surface area contributed by atoms with E-state index in [4.69, 9.17) is 32.4 Å². The number of furan rings is 1. The Morgan fingerprint density at radius 1 is 1.23 bits per heavy atom. The lowest BCUT2D eigenvalue weighted by atomic mass is 10.0. The molecule has 0 aliphatic heterocycles. The SMILES string of the molecule is COc1cc2occ(C)c2cc1/C(C)=C/C(=O)Nc1cc(Cl)ccc1Cl. The molecule has 3 aromatic rings. The highest BCUT2D eigenvalue weighted by Gasteiger charge is 2.13. The van der Waals surface area contributed by atoms with Crippen LogP contribution in [0.5, 0.6) is 5.75 Å². The van der Waals surface area contributed by atoms with E-state index in [0.29, 0.717) is 21.5 Å². The maximum atomic E-state index is 12.4. The molecule has 0 spiro atoms. The summed E-state index contributed by atoms with van der Waals surface area (Å²) in [7, 11) is 1.58. The molecule has 26 heavy (non-hydrogen) atoms. The van der Waals surface area contributed by atoms with Crippen LogP contribution in [0.1, 0.15) is 18.1 Å². The lowest BCUT2D eigenvalue weighted by Gasteiger charge is -2.10. The van der Waals surface area contributed by atoms with E-state index in [-0.39, 0.29) is 5.91 Å². The average molecular weight is 390 g/mol. The van der Waals surface area contributed by atoms with E-state index in [1.807, 2.05) is 26.0 Å². The Morgan fingerprint density at radius 3 is 2.73 bits per heavy atom. The molecule has 0 aliphatic rings. The highest BCUT2D eigenvalue weighted by molar-refractivity contribution is 6.35. The van der Waals surface area contributed by atoms with Crippen LogP contribution in [-0.4, -0.2) is 13.0 Å². The Balaban J connectivity index is 1.93. The fraction of sp³-hybridized carbons (Fsp3) is 0.150. The van der Waals surface area contributed by atoms with E-state index in [9.17, 15) is 4.79 Å².